The van der Waals surface area contributed by atoms with Crippen LogP contribution in [-0.2, 0) is 19.3 Å². The molecule has 4 rings (SSSR count). The van der Waals surface area contributed by atoms with Crippen LogP contribution in [0.3, 0.4) is 0 Å². The molecule has 2 aliphatic carbocycles. The van der Waals surface area contributed by atoms with Gasteiger partial charge in [-0.15, -0.1) is 0 Å². The van der Waals surface area contributed by atoms with Crippen LogP contribution in [0, 0.1) is 5.82 Å². The first-order valence-corrected chi connectivity index (χ1v) is 8.73. The SMILES string of the molecule is O=C(Nc1ccc(F)c2c1CC(O)C2)NC1CCc2cc(Cl)ccc21. The number of aryl methyl sites for hydroxylation is 1. The minimum Gasteiger partial charge on any atom is -0.392 e. The summed E-state index contributed by atoms with van der Waals surface area (Å²) in [6, 6.07) is 8.20. The zero-order valence-electron chi connectivity index (χ0n) is 13.5. The third-order valence-electron chi connectivity index (χ3n) is 4.99. The van der Waals surface area contributed by atoms with Crippen molar-refractivity contribution in [3.05, 3.63) is 63.4 Å². The van der Waals surface area contributed by atoms with E-state index in [0.717, 1.165) is 24.0 Å². The molecule has 0 bridgehead atoms. The maximum Gasteiger partial charge on any atom is 0.319 e. The molecule has 0 saturated carbocycles. The number of urea groups is 1. The van der Waals surface area contributed by atoms with Crippen molar-refractivity contribution >= 4 is 23.3 Å². The van der Waals surface area contributed by atoms with Gasteiger partial charge in [-0.2, -0.15) is 0 Å². The number of hydrogen-bond donors (Lipinski definition) is 3. The van der Waals surface area contributed by atoms with Gasteiger partial charge in [0.2, 0.25) is 0 Å². The minimum atomic E-state index is -0.595. The summed E-state index contributed by atoms with van der Waals surface area (Å²) in [6.45, 7) is 0. The molecule has 0 aromatic heterocycles. The summed E-state index contributed by atoms with van der Waals surface area (Å²) in [5.41, 5.74) is 3.97. The molecule has 2 unspecified atom stereocenters. The molecule has 130 valence electrons. The second kappa shape index (κ2) is 6.32. The fraction of sp³-hybridized carbons (Fsp3) is 0.316. The molecule has 4 nitrogen and oxygen atoms in total. The normalized spacial score (nSPS) is 20.9. The number of halogens is 2. The van der Waals surface area contributed by atoms with E-state index in [1.54, 1.807) is 6.07 Å². The Bertz CT molecular complexity index is 856. The van der Waals surface area contributed by atoms with Crippen LogP contribution in [0.2, 0.25) is 5.02 Å². The number of amides is 2. The zero-order chi connectivity index (χ0) is 17.6. The molecule has 2 aromatic rings. The van der Waals surface area contributed by atoms with E-state index in [4.69, 9.17) is 11.6 Å². The Morgan fingerprint density at radius 3 is 2.84 bits per heavy atom. The zero-order valence-corrected chi connectivity index (χ0v) is 14.2. The van der Waals surface area contributed by atoms with E-state index in [2.05, 4.69) is 10.6 Å². The molecule has 0 spiro atoms. The number of aliphatic hydroxyl groups excluding tert-OH is 1. The first-order chi connectivity index (χ1) is 12.0. The molecule has 6 heteroatoms. The van der Waals surface area contributed by atoms with E-state index >= 15 is 0 Å². The smallest absolute Gasteiger partial charge is 0.319 e. The molecule has 2 aromatic carbocycles. The van der Waals surface area contributed by atoms with Gasteiger partial charge in [0.25, 0.3) is 0 Å². The second-order valence-electron chi connectivity index (χ2n) is 6.65. The van der Waals surface area contributed by atoms with E-state index in [1.165, 1.54) is 6.07 Å². The lowest BCUT2D eigenvalue weighted by atomic mass is 10.1. The molecule has 2 amide bonds. The van der Waals surface area contributed by atoms with Gasteiger partial charge >= 0.3 is 6.03 Å². The van der Waals surface area contributed by atoms with Crippen molar-refractivity contribution in [2.45, 2.75) is 37.8 Å². The number of anilines is 1. The van der Waals surface area contributed by atoms with Crippen molar-refractivity contribution in [1.29, 1.82) is 0 Å². The fourth-order valence-corrected chi connectivity index (χ4v) is 4.03. The van der Waals surface area contributed by atoms with Crippen molar-refractivity contribution in [2.75, 3.05) is 5.32 Å². The van der Waals surface area contributed by atoms with Crippen molar-refractivity contribution in [2.24, 2.45) is 0 Å². The van der Waals surface area contributed by atoms with E-state index in [9.17, 15) is 14.3 Å². The van der Waals surface area contributed by atoms with Crippen LogP contribution in [-0.4, -0.2) is 17.2 Å². The molecule has 2 atom stereocenters. The highest BCUT2D eigenvalue weighted by Crippen LogP contribution is 2.34. The molecule has 25 heavy (non-hydrogen) atoms. The summed E-state index contributed by atoms with van der Waals surface area (Å²) in [7, 11) is 0. The lowest BCUT2D eigenvalue weighted by molar-refractivity contribution is 0.186. The Balaban J connectivity index is 1.49. The van der Waals surface area contributed by atoms with Gasteiger partial charge < -0.3 is 15.7 Å². The van der Waals surface area contributed by atoms with E-state index < -0.39 is 6.10 Å². The van der Waals surface area contributed by atoms with Gasteiger partial charge in [-0.3, -0.25) is 0 Å². The summed E-state index contributed by atoms with van der Waals surface area (Å²) in [5.74, 6) is -0.334. The van der Waals surface area contributed by atoms with E-state index in [-0.39, 0.29) is 24.3 Å². The molecule has 0 radical (unpaired) electrons. The molecule has 0 aliphatic heterocycles. The number of benzene rings is 2. The Labute approximate surface area is 150 Å². The molecule has 0 heterocycles. The van der Waals surface area contributed by atoms with Crippen molar-refractivity contribution < 1.29 is 14.3 Å². The summed E-state index contributed by atoms with van der Waals surface area (Å²) < 4.78 is 13.9. The lowest BCUT2D eigenvalue weighted by Gasteiger charge is -2.16. The third kappa shape index (κ3) is 3.10. The lowest BCUT2D eigenvalue weighted by Crippen LogP contribution is -2.32. The summed E-state index contributed by atoms with van der Waals surface area (Å²) in [4.78, 5) is 12.4. The summed E-state index contributed by atoms with van der Waals surface area (Å²) in [6.07, 6.45) is 1.74. The van der Waals surface area contributed by atoms with Gasteiger partial charge in [-0.25, -0.2) is 9.18 Å². The minimum absolute atomic E-state index is 0.0636. The average Bonchev–Trinajstić information content (AvgIpc) is 3.14. The maximum absolute atomic E-state index is 13.9. The Kier molecular flexibility index (Phi) is 4.13. The van der Waals surface area contributed by atoms with Crippen molar-refractivity contribution in [3.8, 4) is 0 Å². The molecular weight excluding hydrogens is 343 g/mol. The summed E-state index contributed by atoms with van der Waals surface area (Å²) in [5, 5.41) is 16.3. The van der Waals surface area contributed by atoms with Crippen LogP contribution in [0.1, 0.15) is 34.7 Å². The van der Waals surface area contributed by atoms with Crippen LogP contribution in [0.5, 0.6) is 0 Å². The highest BCUT2D eigenvalue weighted by molar-refractivity contribution is 6.30. The predicted octanol–water partition coefficient (Wildman–Crippen LogP) is 3.75. The maximum atomic E-state index is 13.9. The number of hydrogen-bond acceptors (Lipinski definition) is 2. The largest absolute Gasteiger partial charge is 0.392 e. The van der Waals surface area contributed by atoms with Crippen LogP contribution >= 0.6 is 11.6 Å². The van der Waals surface area contributed by atoms with Crippen LogP contribution in [0.15, 0.2) is 30.3 Å². The van der Waals surface area contributed by atoms with Gasteiger partial charge in [0.05, 0.1) is 12.1 Å². The predicted molar refractivity (Wildman–Crippen MR) is 94.5 cm³/mol. The number of rotatable bonds is 2. The standard InChI is InChI=1S/C19H18ClFN2O2/c20-11-2-3-13-10(7-11)1-5-17(13)22-19(25)23-18-6-4-16(21)14-8-12(24)9-15(14)18/h2-4,6-7,12,17,24H,1,5,8-9H2,(H2,22,23,25). The van der Waals surface area contributed by atoms with Crippen LogP contribution in [0.4, 0.5) is 14.9 Å². The Morgan fingerprint density at radius 1 is 1.20 bits per heavy atom. The van der Waals surface area contributed by atoms with Gasteiger partial charge in [-0.1, -0.05) is 17.7 Å². The Morgan fingerprint density at radius 2 is 2.00 bits per heavy atom. The fourth-order valence-electron chi connectivity index (χ4n) is 3.83. The molecule has 3 N–H and O–H groups in total. The van der Waals surface area contributed by atoms with Crippen LogP contribution in [0.25, 0.3) is 0 Å². The molecule has 0 fully saturated rings. The number of fused-ring (bicyclic) bond motifs is 2. The van der Waals surface area contributed by atoms with Gasteiger partial charge in [0.15, 0.2) is 0 Å². The molecular formula is C19H18ClFN2O2. The van der Waals surface area contributed by atoms with Crippen LogP contribution < -0.4 is 10.6 Å². The topological polar surface area (TPSA) is 61.4 Å². The average molecular weight is 361 g/mol. The van der Waals surface area contributed by atoms with E-state index in [0.29, 0.717) is 28.3 Å². The second-order valence-corrected chi connectivity index (χ2v) is 7.08. The van der Waals surface area contributed by atoms with Crippen molar-refractivity contribution in [1.82, 2.24) is 5.32 Å². The van der Waals surface area contributed by atoms with E-state index in [1.807, 2.05) is 18.2 Å². The number of carbonyl (C=O) groups excluding carboxylic acids is 1. The quantitative estimate of drug-likeness (QED) is 0.763. The van der Waals surface area contributed by atoms with Crippen molar-refractivity contribution in [3.63, 3.8) is 0 Å². The molecule has 2 aliphatic rings. The van der Waals surface area contributed by atoms with Gasteiger partial charge in [0, 0.05) is 23.6 Å². The number of aliphatic hydroxyl groups is 1. The Hall–Kier alpha value is -2.11. The number of carbonyl (C=O) groups is 1. The highest BCUT2D eigenvalue weighted by atomic mass is 35.5. The first-order valence-electron chi connectivity index (χ1n) is 8.35. The highest BCUT2D eigenvalue weighted by Gasteiger charge is 2.27. The first kappa shape index (κ1) is 16.4. The van der Waals surface area contributed by atoms with Gasteiger partial charge in [-0.05, 0) is 59.4 Å². The summed E-state index contributed by atoms with van der Waals surface area (Å²) >= 11 is 6.01. The van der Waals surface area contributed by atoms with Gasteiger partial charge in [0.1, 0.15) is 5.82 Å². The monoisotopic (exact) mass is 360 g/mol. The molecule has 0 saturated heterocycles. The third-order valence-corrected chi connectivity index (χ3v) is 5.22. The number of nitrogens with one attached hydrogen (secondary N) is 2.